The van der Waals surface area contributed by atoms with Crippen molar-refractivity contribution in [1.29, 1.82) is 0 Å². The SMILES string of the molecule is CN(C(=O)[C@H]1[C@H]2CC(F)(F)CN2[C@]2(C(=O)Nc3c(Cl)cc(Cl)cc32)[C@H]1C(=O)O)c1cccc(-c2ccccc2)c1. The third-order valence-corrected chi connectivity index (χ3v) is 8.78. The maximum Gasteiger partial charge on any atom is 0.310 e. The minimum Gasteiger partial charge on any atom is -0.481 e. The number of rotatable bonds is 4. The van der Waals surface area contributed by atoms with Crippen LogP contribution in [0.15, 0.2) is 66.7 Å². The van der Waals surface area contributed by atoms with Crippen molar-refractivity contribution in [3.8, 4) is 11.1 Å². The maximum atomic E-state index is 15.0. The largest absolute Gasteiger partial charge is 0.481 e. The number of benzene rings is 3. The molecule has 0 saturated carbocycles. The first-order chi connectivity index (χ1) is 19.0. The molecule has 2 fully saturated rings. The molecule has 40 heavy (non-hydrogen) atoms. The molecule has 11 heteroatoms. The summed E-state index contributed by atoms with van der Waals surface area (Å²) in [6, 6.07) is 18.1. The number of carboxylic acid groups (broad SMARTS) is 1. The van der Waals surface area contributed by atoms with E-state index in [4.69, 9.17) is 23.2 Å². The standard InChI is InChI=1S/C29H23Cl2F2N3O4/c1-35(18-9-5-8-16(10-18)15-6-3-2-4-7-15)25(37)22-21-13-28(32,33)14-36(21)29(23(22)26(38)39)19-11-17(30)12-20(31)24(19)34-27(29)40/h2-12,21-23H,13-14H2,1H3,(H,34,40)(H,38,39)/t21-,22+,23-,29+/m1/s1. The van der Waals surface area contributed by atoms with Gasteiger partial charge < -0.3 is 15.3 Å². The molecular weight excluding hydrogens is 563 g/mol. The van der Waals surface area contributed by atoms with Crippen LogP contribution < -0.4 is 10.2 Å². The molecule has 0 radical (unpaired) electrons. The fourth-order valence-electron chi connectivity index (χ4n) is 6.66. The molecule has 2 saturated heterocycles. The van der Waals surface area contributed by atoms with Crippen molar-refractivity contribution < 1.29 is 28.3 Å². The normalized spacial score (nSPS) is 26.4. The Morgan fingerprint density at radius 3 is 2.45 bits per heavy atom. The van der Waals surface area contributed by atoms with Crippen LogP contribution in [0.2, 0.25) is 10.0 Å². The summed E-state index contributed by atoms with van der Waals surface area (Å²) in [5.41, 5.74) is 0.256. The van der Waals surface area contributed by atoms with E-state index in [0.717, 1.165) is 11.1 Å². The molecule has 6 rings (SSSR count). The van der Waals surface area contributed by atoms with Gasteiger partial charge in [0.25, 0.3) is 11.8 Å². The molecule has 0 bridgehead atoms. The van der Waals surface area contributed by atoms with Crippen LogP contribution in [0, 0.1) is 11.8 Å². The number of halogens is 4. The van der Waals surface area contributed by atoms with Crippen molar-refractivity contribution in [2.75, 3.05) is 23.8 Å². The van der Waals surface area contributed by atoms with E-state index in [1.54, 1.807) is 18.2 Å². The predicted octanol–water partition coefficient (Wildman–Crippen LogP) is 5.51. The van der Waals surface area contributed by atoms with E-state index in [2.05, 4.69) is 5.32 Å². The Kier molecular flexibility index (Phi) is 6.18. The van der Waals surface area contributed by atoms with Crippen molar-refractivity contribution in [2.45, 2.75) is 23.9 Å². The molecule has 2 N–H and O–H groups in total. The number of carbonyl (C=O) groups is 3. The lowest BCUT2D eigenvalue weighted by Gasteiger charge is -2.36. The monoisotopic (exact) mass is 585 g/mol. The maximum absolute atomic E-state index is 15.0. The number of fused-ring (bicyclic) bond motifs is 4. The lowest BCUT2D eigenvalue weighted by atomic mass is 9.73. The highest BCUT2D eigenvalue weighted by Crippen LogP contribution is 2.61. The Morgan fingerprint density at radius 2 is 1.75 bits per heavy atom. The zero-order valence-corrected chi connectivity index (χ0v) is 22.6. The van der Waals surface area contributed by atoms with Gasteiger partial charge in [-0.05, 0) is 35.4 Å². The number of anilines is 2. The van der Waals surface area contributed by atoms with Gasteiger partial charge >= 0.3 is 5.97 Å². The fourth-order valence-corrected chi connectivity index (χ4v) is 7.20. The lowest BCUT2D eigenvalue weighted by molar-refractivity contribution is -0.153. The van der Waals surface area contributed by atoms with Gasteiger partial charge in [0.15, 0.2) is 0 Å². The molecule has 0 aliphatic carbocycles. The van der Waals surface area contributed by atoms with E-state index < -0.39 is 60.1 Å². The van der Waals surface area contributed by atoms with Crippen LogP contribution in [0.3, 0.4) is 0 Å². The number of hydrogen-bond acceptors (Lipinski definition) is 4. The van der Waals surface area contributed by atoms with Gasteiger partial charge in [0.05, 0.1) is 23.2 Å². The Hall–Kier alpha value is -3.53. The van der Waals surface area contributed by atoms with Gasteiger partial charge in [-0.3, -0.25) is 19.3 Å². The van der Waals surface area contributed by atoms with Crippen LogP contribution in [0.4, 0.5) is 20.2 Å². The Labute approximate surface area is 238 Å². The molecule has 1 spiro atoms. The van der Waals surface area contributed by atoms with Gasteiger partial charge in [0.2, 0.25) is 5.91 Å². The Balaban J connectivity index is 1.48. The van der Waals surface area contributed by atoms with Gasteiger partial charge in [-0.1, -0.05) is 65.7 Å². The van der Waals surface area contributed by atoms with Crippen molar-refractivity contribution in [3.05, 3.63) is 82.3 Å². The molecule has 3 aromatic rings. The number of carbonyl (C=O) groups excluding carboxylic acids is 2. The van der Waals surface area contributed by atoms with Gasteiger partial charge in [0, 0.05) is 35.8 Å². The minimum atomic E-state index is -3.25. The smallest absolute Gasteiger partial charge is 0.310 e. The van der Waals surface area contributed by atoms with Crippen molar-refractivity contribution >= 4 is 52.4 Å². The summed E-state index contributed by atoms with van der Waals surface area (Å²) in [7, 11) is 1.48. The van der Waals surface area contributed by atoms with E-state index in [-0.39, 0.29) is 21.3 Å². The molecule has 3 aliphatic heterocycles. The van der Waals surface area contributed by atoms with Gasteiger partial charge in [-0.2, -0.15) is 0 Å². The molecule has 3 aliphatic rings. The average molecular weight is 586 g/mol. The lowest BCUT2D eigenvalue weighted by Crippen LogP contribution is -2.54. The van der Waals surface area contributed by atoms with Crippen LogP contribution in [0.25, 0.3) is 11.1 Å². The summed E-state index contributed by atoms with van der Waals surface area (Å²) in [6.45, 7) is -0.893. The molecule has 0 aromatic heterocycles. The number of aliphatic carboxylic acids is 1. The van der Waals surface area contributed by atoms with Crippen LogP contribution in [0.5, 0.6) is 0 Å². The Bertz CT molecular complexity index is 1570. The van der Waals surface area contributed by atoms with E-state index in [0.29, 0.717) is 5.69 Å². The molecule has 0 unspecified atom stereocenters. The van der Waals surface area contributed by atoms with E-state index in [1.165, 1.54) is 29.0 Å². The first-order valence-electron chi connectivity index (χ1n) is 12.6. The van der Waals surface area contributed by atoms with Gasteiger partial charge in [0.1, 0.15) is 11.5 Å². The number of alkyl halides is 2. The number of carboxylic acids is 1. The highest BCUT2D eigenvalue weighted by Gasteiger charge is 2.74. The van der Waals surface area contributed by atoms with Crippen LogP contribution >= 0.6 is 23.2 Å². The molecule has 206 valence electrons. The van der Waals surface area contributed by atoms with Crippen LogP contribution in [-0.2, 0) is 19.9 Å². The molecule has 3 heterocycles. The number of nitrogens with zero attached hydrogens (tertiary/aromatic N) is 2. The van der Waals surface area contributed by atoms with E-state index >= 15 is 0 Å². The second-order valence-corrected chi connectivity index (χ2v) is 11.3. The van der Waals surface area contributed by atoms with Crippen LogP contribution in [-0.4, -0.2) is 53.3 Å². The Morgan fingerprint density at radius 1 is 1.05 bits per heavy atom. The third-order valence-electron chi connectivity index (χ3n) is 8.26. The fraction of sp³-hybridized carbons (Fsp3) is 0.276. The van der Waals surface area contributed by atoms with E-state index in [1.807, 2.05) is 36.4 Å². The summed E-state index contributed by atoms with van der Waals surface area (Å²) < 4.78 is 30.0. The zero-order chi connectivity index (χ0) is 28.6. The minimum absolute atomic E-state index is 0.0454. The number of nitrogens with one attached hydrogen (secondary N) is 1. The molecule has 4 atom stereocenters. The third kappa shape index (κ3) is 3.83. The predicted molar refractivity (Wildman–Crippen MR) is 147 cm³/mol. The quantitative estimate of drug-likeness (QED) is 0.421. The summed E-state index contributed by atoms with van der Waals surface area (Å²) in [6.07, 6.45) is -0.774. The van der Waals surface area contributed by atoms with Gasteiger partial charge in [-0.25, -0.2) is 8.78 Å². The van der Waals surface area contributed by atoms with Crippen LogP contribution in [0.1, 0.15) is 12.0 Å². The second kappa shape index (κ2) is 9.26. The summed E-state index contributed by atoms with van der Waals surface area (Å²) in [5, 5.41) is 13.3. The highest BCUT2D eigenvalue weighted by molar-refractivity contribution is 6.38. The average Bonchev–Trinajstić information content (AvgIpc) is 3.49. The first kappa shape index (κ1) is 26.7. The molecule has 3 aromatic carbocycles. The van der Waals surface area contributed by atoms with Crippen molar-refractivity contribution in [3.63, 3.8) is 0 Å². The number of amides is 2. The molecule has 2 amide bonds. The van der Waals surface area contributed by atoms with E-state index in [9.17, 15) is 28.3 Å². The van der Waals surface area contributed by atoms with Gasteiger partial charge in [-0.15, -0.1) is 0 Å². The molecule has 7 nitrogen and oxygen atoms in total. The first-order valence-corrected chi connectivity index (χ1v) is 13.3. The highest BCUT2D eigenvalue weighted by atomic mass is 35.5. The molecular formula is C29H23Cl2F2N3O4. The number of hydrogen-bond donors (Lipinski definition) is 2. The summed E-state index contributed by atoms with van der Waals surface area (Å²) in [5.74, 6) is -9.37. The summed E-state index contributed by atoms with van der Waals surface area (Å²) >= 11 is 12.6. The topological polar surface area (TPSA) is 90.0 Å². The van der Waals surface area contributed by atoms with Crippen molar-refractivity contribution in [2.24, 2.45) is 11.8 Å². The summed E-state index contributed by atoms with van der Waals surface area (Å²) in [4.78, 5) is 43.3. The zero-order valence-electron chi connectivity index (χ0n) is 21.1. The second-order valence-electron chi connectivity index (χ2n) is 10.4. The van der Waals surface area contributed by atoms with Crippen molar-refractivity contribution in [1.82, 2.24) is 4.90 Å².